The summed E-state index contributed by atoms with van der Waals surface area (Å²) in [7, 11) is 0. The highest BCUT2D eigenvalue weighted by Crippen LogP contribution is 2.54. The van der Waals surface area contributed by atoms with Crippen LogP contribution in [0.15, 0.2) is 84.4 Å². The zero-order valence-corrected chi connectivity index (χ0v) is 20.7. The Hall–Kier alpha value is -3.04. The summed E-state index contributed by atoms with van der Waals surface area (Å²) in [6.07, 6.45) is 9.64. The Balaban J connectivity index is 1.33. The fourth-order valence-electron chi connectivity index (χ4n) is 6.09. The van der Waals surface area contributed by atoms with Gasteiger partial charge in [-0.3, -0.25) is 0 Å². The Morgan fingerprint density at radius 3 is 2.31 bits per heavy atom. The van der Waals surface area contributed by atoms with E-state index in [2.05, 4.69) is 66.0 Å². The smallest absolute Gasteiger partial charge is 0.329 e. The summed E-state index contributed by atoms with van der Waals surface area (Å²) in [5.74, 6) is -0.785. The molecule has 1 saturated carbocycles. The van der Waals surface area contributed by atoms with Crippen molar-refractivity contribution in [2.75, 3.05) is 5.32 Å². The molecule has 0 amide bonds. The van der Waals surface area contributed by atoms with Gasteiger partial charge in [0.1, 0.15) is 5.54 Å². The van der Waals surface area contributed by atoms with Crippen LogP contribution in [0.3, 0.4) is 0 Å². The first-order chi connectivity index (χ1) is 17.0. The van der Waals surface area contributed by atoms with Crippen LogP contribution in [-0.4, -0.2) is 16.6 Å². The SMILES string of the molecule is O=C(O)C1(Nc2cccc(Cl)c2)CCC2(CC1)C(CCCCc1ccccc1)=Cc1ccccc12. The molecule has 0 aromatic heterocycles. The van der Waals surface area contributed by atoms with Gasteiger partial charge in [0.2, 0.25) is 0 Å². The lowest BCUT2D eigenvalue weighted by atomic mass is 9.61. The molecule has 2 N–H and O–H groups in total. The minimum atomic E-state index is -0.980. The number of hydrogen-bond acceptors (Lipinski definition) is 2. The predicted molar refractivity (Wildman–Crippen MR) is 144 cm³/mol. The second kappa shape index (κ2) is 9.91. The van der Waals surface area contributed by atoms with Crippen LogP contribution >= 0.6 is 11.6 Å². The first-order valence-electron chi connectivity index (χ1n) is 12.6. The number of hydrogen-bond donors (Lipinski definition) is 2. The lowest BCUT2D eigenvalue weighted by Gasteiger charge is -2.45. The average Bonchev–Trinajstić information content (AvgIpc) is 3.17. The molecule has 0 unspecified atom stereocenters. The van der Waals surface area contributed by atoms with Crippen LogP contribution in [0.4, 0.5) is 5.69 Å². The summed E-state index contributed by atoms with van der Waals surface area (Å²) in [6.45, 7) is 0. The molecule has 1 fully saturated rings. The number of nitrogens with one attached hydrogen (secondary N) is 1. The number of halogens is 1. The molecule has 0 bridgehead atoms. The molecule has 5 rings (SSSR count). The van der Waals surface area contributed by atoms with Gasteiger partial charge in [-0.05, 0) is 86.3 Å². The standard InChI is InChI=1S/C31H32ClNO2/c32-26-14-8-15-27(22-26)33-31(29(34)35)19-17-30(18-20-31)25(21-24-12-5-7-16-28(24)30)13-6-4-11-23-9-2-1-3-10-23/h1-3,5,7-10,12,14-16,21-22,33H,4,6,11,13,17-20H2,(H,34,35). The highest BCUT2D eigenvalue weighted by Gasteiger charge is 2.51. The summed E-state index contributed by atoms with van der Waals surface area (Å²) >= 11 is 6.17. The normalized spacial score (nSPS) is 23.1. The van der Waals surface area contributed by atoms with Gasteiger partial charge in [0, 0.05) is 16.1 Å². The van der Waals surface area contributed by atoms with E-state index in [1.54, 1.807) is 12.1 Å². The lowest BCUT2D eigenvalue weighted by molar-refractivity contribution is -0.143. The Morgan fingerprint density at radius 2 is 1.57 bits per heavy atom. The number of aryl methyl sites for hydroxylation is 1. The second-order valence-corrected chi connectivity index (χ2v) is 10.5. The summed E-state index contributed by atoms with van der Waals surface area (Å²) in [4.78, 5) is 12.5. The minimum Gasteiger partial charge on any atom is -0.480 e. The first-order valence-corrected chi connectivity index (χ1v) is 13.0. The molecule has 0 radical (unpaired) electrons. The second-order valence-electron chi connectivity index (χ2n) is 10.1. The van der Waals surface area contributed by atoms with E-state index in [1.165, 1.54) is 22.3 Å². The van der Waals surface area contributed by atoms with Crippen LogP contribution in [0.5, 0.6) is 0 Å². The highest BCUT2D eigenvalue weighted by atomic mass is 35.5. The molecule has 1 spiro atoms. The van der Waals surface area contributed by atoms with Gasteiger partial charge in [-0.2, -0.15) is 0 Å². The number of carbonyl (C=O) groups is 1. The van der Waals surface area contributed by atoms with Gasteiger partial charge in [-0.1, -0.05) is 83.9 Å². The quantitative estimate of drug-likeness (QED) is 0.319. The Labute approximate surface area is 212 Å². The van der Waals surface area contributed by atoms with Crippen molar-refractivity contribution >= 4 is 29.3 Å². The molecule has 3 nitrogen and oxygen atoms in total. The van der Waals surface area contributed by atoms with Gasteiger partial charge < -0.3 is 10.4 Å². The van der Waals surface area contributed by atoms with Gasteiger partial charge in [-0.25, -0.2) is 4.79 Å². The van der Waals surface area contributed by atoms with E-state index in [0.717, 1.165) is 44.2 Å². The van der Waals surface area contributed by atoms with Crippen molar-refractivity contribution in [3.05, 3.63) is 106 Å². The Kier molecular flexibility index (Phi) is 6.71. The van der Waals surface area contributed by atoms with Crippen LogP contribution in [-0.2, 0) is 16.6 Å². The van der Waals surface area contributed by atoms with E-state index >= 15 is 0 Å². The van der Waals surface area contributed by atoms with Gasteiger partial charge >= 0.3 is 5.97 Å². The van der Waals surface area contributed by atoms with Crippen molar-refractivity contribution in [2.45, 2.75) is 62.3 Å². The third-order valence-corrected chi connectivity index (χ3v) is 8.23. The maximum absolute atomic E-state index is 12.5. The first kappa shape index (κ1) is 23.7. The molecule has 180 valence electrons. The molecule has 3 aromatic rings. The van der Waals surface area contributed by atoms with Crippen molar-refractivity contribution in [1.82, 2.24) is 0 Å². The molecule has 0 aliphatic heterocycles. The number of aliphatic carboxylic acids is 1. The summed E-state index contributed by atoms with van der Waals surface area (Å²) in [6, 6.07) is 26.7. The van der Waals surface area contributed by atoms with Crippen molar-refractivity contribution in [3.8, 4) is 0 Å². The van der Waals surface area contributed by atoms with Crippen LogP contribution in [0.1, 0.15) is 61.6 Å². The fraction of sp³-hybridized carbons (Fsp3) is 0.323. The van der Waals surface area contributed by atoms with E-state index in [-0.39, 0.29) is 5.41 Å². The Bertz CT molecular complexity index is 1230. The van der Waals surface area contributed by atoms with E-state index in [1.807, 2.05) is 12.1 Å². The van der Waals surface area contributed by atoms with Crippen LogP contribution in [0.25, 0.3) is 6.08 Å². The number of allylic oxidation sites excluding steroid dienone is 1. The van der Waals surface area contributed by atoms with Crippen molar-refractivity contribution in [2.24, 2.45) is 0 Å². The number of anilines is 1. The third-order valence-electron chi connectivity index (χ3n) is 8.00. The molecule has 0 atom stereocenters. The molecule has 3 aromatic carbocycles. The van der Waals surface area contributed by atoms with Crippen LogP contribution < -0.4 is 5.32 Å². The van der Waals surface area contributed by atoms with Gasteiger partial charge in [-0.15, -0.1) is 0 Å². The maximum atomic E-state index is 12.5. The van der Waals surface area contributed by atoms with E-state index in [0.29, 0.717) is 17.9 Å². The van der Waals surface area contributed by atoms with Gasteiger partial charge in [0.05, 0.1) is 0 Å². The topological polar surface area (TPSA) is 49.3 Å². The monoisotopic (exact) mass is 485 g/mol. The highest BCUT2D eigenvalue weighted by molar-refractivity contribution is 6.30. The molecule has 2 aliphatic rings. The summed E-state index contributed by atoms with van der Waals surface area (Å²) in [5, 5.41) is 14.2. The van der Waals surface area contributed by atoms with Crippen LogP contribution in [0.2, 0.25) is 5.02 Å². The lowest BCUT2D eigenvalue weighted by Crippen LogP contribution is -2.52. The van der Waals surface area contributed by atoms with E-state index < -0.39 is 11.5 Å². The van der Waals surface area contributed by atoms with Crippen molar-refractivity contribution in [1.29, 1.82) is 0 Å². The Morgan fingerprint density at radius 1 is 0.857 bits per heavy atom. The number of benzene rings is 3. The molecule has 35 heavy (non-hydrogen) atoms. The molecule has 0 heterocycles. The summed E-state index contributed by atoms with van der Waals surface area (Å²) < 4.78 is 0. The predicted octanol–water partition coefficient (Wildman–Crippen LogP) is 7.90. The number of unbranched alkanes of at least 4 members (excludes halogenated alkanes) is 1. The number of rotatable bonds is 8. The molecule has 0 saturated heterocycles. The van der Waals surface area contributed by atoms with Crippen molar-refractivity contribution in [3.63, 3.8) is 0 Å². The largest absolute Gasteiger partial charge is 0.480 e. The van der Waals surface area contributed by atoms with E-state index in [9.17, 15) is 9.90 Å². The van der Waals surface area contributed by atoms with Gasteiger partial charge in [0.15, 0.2) is 0 Å². The van der Waals surface area contributed by atoms with Crippen LogP contribution in [0, 0.1) is 0 Å². The van der Waals surface area contributed by atoms with Crippen molar-refractivity contribution < 1.29 is 9.90 Å². The fourth-order valence-corrected chi connectivity index (χ4v) is 6.28. The maximum Gasteiger partial charge on any atom is 0.329 e. The minimum absolute atomic E-state index is 0.0572. The molecular weight excluding hydrogens is 454 g/mol. The van der Waals surface area contributed by atoms with Gasteiger partial charge in [0.25, 0.3) is 0 Å². The number of carboxylic acid groups (broad SMARTS) is 1. The number of carboxylic acids is 1. The molecular formula is C31H32ClNO2. The molecule has 4 heteroatoms. The molecule has 2 aliphatic carbocycles. The zero-order chi connectivity index (χ0) is 24.3. The average molecular weight is 486 g/mol. The van der Waals surface area contributed by atoms with E-state index in [4.69, 9.17) is 11.6 Å². The zero-order valence-electron chi connectivity index (χ0n) is 20.0. The number of fused-ring (bicyclic) bond motifs is 2. The third kappa shape index (κ3) is 4.75. The summed E-state index contributed by atoms with van der Waals surface area (Å²) in [5.41, 5.74) is 5.27.